The Hall–Kier alpha value is -1.02. The Kier molecular flexibility index (Phi) is 2.96. The molecule has 0 saturated carbocycles. The van der Waals surface area contributed by atoms with Crippen LogP contribution in [0.25, 0.3) is 0 Å². The molecule has 1 aromatic carbocycles. The maximum atomic E-state index is 3.56. The van der Waals surface area contributed by atoms with Crippen molar-refractivity contribution in [3.63, 3.8) is 0 Å². The molecule has 1 saturated heterocycles. The fraction of sp³-hybridized carbons (Fsp3) is 0.538. The molecule has 0 amide bonds. The molecule has 2 nitrogen and oxygen atoms in total. The molecule has 1 heterocycles. The monoisotopic (exact) mass is 204 g/mol. The van der Waals surface area contributed by atoms with Crippen molar-refractivity contribution >= 4 is 5.69 Å². The van der Waals surface area contributed by atoms with Crippen molar-refractivity contribution in [2.24, 2.45) is 0 Å². The van der Waals surface area contributed by atoms with Gasteiger partial charge in [0.1, 0.15) is 0 Å². The second-order valence-electron chi connectivity index (χ2n) is 4.66. The van der Waals surface area contributed by atoms with Gasteiger partial charge in [0.05, 0.1) is 0 Å². The van der Waals surface area contributed by atoms with Gasteiger partial charge >= 0.3 is 0 Å². The highest BCUT2D eigenvalue weighted by atomic mass is 15.2. The van der Waals surface area contributed by atoms with Crippen molar-refractivity contribution in [1.82, 2.24) is 5.32 Å². The number of anilines is 1. The second kappa shape index (κ2) is 4.23. The van der Waals surface area contributed by atoms with Crippen molar-refractivity contribution in [3.05, 3.63) is 29.8 Å². The quantitative estimate of drug-likeness (QED) is 0.754. The van der Waals surface area contributed by atoms with Crippen LogP contribution >= 0.6 is 0 Å². The zero-order valence-corrected chi connectivity index (χ0v) is 9.83. The lowest BCUT2D eigenvalue weighted by atomic mass is 10.1. The zero-order chi connectivity index (χ0) is 10.8. The predicted molar refractivity (Wildman–Crippen MR) is 65.5 cm³/mol. The largest absolute Gasteiger partial charge is 0.368 e. The number of rotatable bonds is 1. The van der Waals surface area contributed by atoms with Crippen molar-refractivity contribution in [2.45, 2.75) is 32.9 Å². The van der Waals surface area contributed by atoms with E-state index >= 15 is 0 Å². The Morgan fingerprint density at radius 2 is 1.73 bits per heavy atom. The number of para-hydroxylation sites is 1. The van der Waals surface area contributed by atoms with Crippen molar-refractivity contribution in [2.75, 3.05) is 18.0 Å². The summed E-state index contributed by atoms with van der Waals surface area (Å²) in [5.74, 6) is 0. The van der Waals surface area contributed by atoms with Crippen LogP contribution in [0.4, 0.5) is 5.69 Å². The van der Waals surface area contributed by atoms with Crippen LogP contribution in [-0.2, 0) is 0 Å². The number of nitrogens with zero attached hydrogens (tertiary/aromatic N) is 1. The van der Waals surface area contributed by atoms with E-state index in [1.54, 1.807) is 0 Å². The first-order chi connectivity index (χ1) is 7.16. The Morgan fingerprint density at radius 1 is 1.13 bits per heavy atom. The summed E-state index contributed by atoms with van der Waals surface area (Å²) in [6.07, 6.45) is 0. The fourth-order valence-corrected chi connectivity index (χ4v) is 2.44. The SMILES string of the molecule is Cc1ccccc1N1C[C@@H](C)N[C@@H](C)C1. The van der Waals surface area contributed by atoms with Gasteiger partial charge in [-0.05, 0) is 32.4 Å². The van der Waals surface area contributed by atoms with Gasteiger partial charge in [-0.2, -0.15) is 0 Å². The molecule has 0 aliphatic carbocycles. The summed E-state index contributed by atoms with van der Waals surface area (Å²) in [5.41, 5.74) is 2.76. The van der Waals surface area contributed by atoms with Gasteiger partial charge in [-0.15, -0.1) is 0 Å². The number of hydrogen-bond donors (Lipinski definition) is 1. The Morgan fingerprint density at radius 3 is 2.33 bits per heavy atom. The van der Waals surface area contributed by atoms with Gasteiger partial charge < -0.3 is 10.2 Å². The summed E-state index contributed by atoms with van der Waals surface area (Å²) in [6, 6.07) is 9.79. The lowest BCUT2D eigenvalue weighted by Gasteiger charge is -2.38. The van der Waals surface area contributed by atoms with E-state index in [1.807, 2.05) is 0 Å². The molecule has 0 aromatic heterocycles. The molecule has 0 unspecified atom stereocenters. The molecule has 2 heteroatoms. The van der Waals surface area contributed by atoms with Crippen LogP contribution in [0.1, 0.15) is 19.4 Å². The highest BCUT2D eigenvalue weighted by Gasteiger charge is 2.21. The van der Waals surface area contributed by atoms with E-state index in [0.717, 1.165) is 13.1 Å². The molecule has 15 heavy (non-hydrogen) atoms. The molecule has 0 spiro atoms. The highest BCUT2D eigenvalue weighted by molar-refractivity contribution is 5.53. The maximum absolute atomic E-state index is 3.56. The first kappa shape index (κ1) is 10.5. The van der Waals surface area contributed by atoms with Crippen LogP contribution in [0.2, 0.25) is 0 Å². The molecule has 1 aliphatic rings. The predicted octanol–water partition coefficient (Wildman–Crippen LogP) is 2.18. The average Bonchev–Trinajstić information content (AvgIpc) is 2.16. The highest BCUT2D eigenvalue weighted by Crippen LogP contribution is 2.21. The molecular weight excluding hydrogens is 184 g/mol. The van der Waals surface area contributed by atoms with Gasteiger partial charge in [0.25, 0.3) is 0 Å². The number of hydrogen-bond acceptors (Lipinski definition) is 2. The Balaban J connectivity index is 2.20. The van der Waals surface area contributed by atoms with Crippen molar-refractivity contribution in [1.29, 1.82) is 0 Å². The first-order valence-electron chi connectivity index (χ1n) is 5.73. The van der Waals surface area contributed by atoms with Crippen molar-refractivity contribution < 1.29 is 0 Å². The van der Waals surface area contributed by atoms with E-state index in [9.17, 15) is 0 Å². The first-order valence-corrected chi connectivity index (χ1v) is 5.73. The molecule has 1 aliphatic heterocycles. The van der Waals surface area contributed by atoms with Crippen LogP contribution in [-0.4, -0.2) is 25.2 Å². The van der Waals surface area contributed by atoms with E-state index in [0.29, 0.717) is 12.1 Å². The lowest BCUT2D eigenvalue weighted by Crippen LogP contribution is -2.54. The van der Waals surface area contributed by atoms with E-state index in [2.05, 4.69) is 55.3 Å². The van der Waals surface area contributed by atoms with E-state index in [4.69, 9.17) is 0 Å². The van der Waals surface area contributed by atoms with Crippen LogP contribution in [0.3, 0.4) is 0 Å². The molecule has 82 valence electrons. The zero-order valence-electron chi connectivity index (χ0n) is 9.83. The van der Waals surface area contributed by atoms with Crippen LogP contribution < -0.4 is 10.2 Å². The lowest BCUT2D eigenvalue weighted by molar-refractivity contribution is 0.406. The molecule has 0 bridgehead atoms. The molecule has 1 aromatic rings. The number of nitrogens with one attached hydrogen (secondary N) is 1. The maximum Gasteiger partial charge on any atom is 0.0396 e. The average molecular weight is 204 g/mol. The molecule has 2 atom stereocenters. The summed E-state index contributed by atoms with van der Waals surface area (Å²) in [7, 11) is 0. The van der Waals surface area contributed by atoms with Gasteiger partial charge in [-0.3, -0.25) is 0 Å². The van der Waals surface area contributed by atoms with Gasteiger partial charge in [0, 0.05) is 30.9 Å². The summed E-state index contributed by atoms with van der Waals surface area (Å²) in [5, 5.41) is 3.56. The number of piperazine rings is 1. The number of benzene rings is 1. The molecule has 0 radical (unpaired) electrons. The smallest absolute Gasteiger partial charge is 0.0396 e. The summed E-state index contributed by atoms with van der Waals surface area (Å²) < 4.78 is 0. The van der Waals surface area contributed by atoms with Gasteiger partial charge in [-0.25, -0.2) is 0 Å². The van der Waals surface area contributed by atoms with Crippen LogP contribution in [0.15, 0.2) is 24.3 Å². The van der Waals surface area contributed by atoms with E-state index in [1.165, 1.54) is 11.3 Å². The summed E-state index contributed by atoms with van der Waals surface area (Å²) >= 11 is 0. The normalized spacial score (nSPS) is 26.7. The summed E-state index contributed by atoms with van der Waals surface area (Å²) in [4.78, 5) is 2.49. The third-order valence-electron chi connectivity index (χ3n) is 3.01. The van der Waals surface area contributed by atoms with Gasteiger partial charge in [0.2, 0.25) is 0 Å². The topological polar surface area (TPSA) is 15.3 Å². The minimum Gasteiger partial charge on any atom is -0.368 e. The number of aryl methyl sites for hydroxylation is 1. The standard InChI is InChI=1S/C13H20N2/c1-10-6-4-5-7-13(10)15-8-11(2)14-12(3)9-15/h4-7,11-12,14H,8-9H2,1-3H3/t11-,12+. The van der Waals surface area contributed by atoms with Crippen molar-refractivity contribution in [3.8, 4) is 0 Å². The van der Waals surface area contributed by atoms with Crippen LogP contribution in [0.5, 0.6) is 0 Å². The molecule has 1 N–H and O–H groups in total. The fourth-order valence-electron chi connectivity index (χ4n) is 2.44. The van der Waals surface area contributed by atoms with Gasteiger partial charge in [0.15, 0.2) is 0 Å². The molecule has 1 fully saturated rings. The third kappa shape index (κ3) is 2.32. The minimum atomic E-state index is 0.577. The Labute approximate surface area is 92.3 Å². The minimum absolute atomic E-state index is 0.577. The van der Waals surface area contributed by atoms with E-state index in [-0.39, 0.29) is 0 Å². The Bertz CT molecular complexity index is 325. The van der Waals surface area contributed by atoms with Crippen LogP contribution in [0, 0.1) is 6.92 Å². The second-order valence-corrected chi connectivity index (χ2v) is 4.66. The summed E-state index contributed by atoms with van der Waals surface area (Å²) in [6.45, 7) is 8.90. The van der Waals surface area contributed by atoms with Gasteiger partial charge in [-0.1, -0.05) is 18.2 Å². The third-order valence-corrected chi connectivity index (χ3v) is 3.01. The molecule has 2 rings (SSSR count). The molecular formula is C13H20N2. The van der Waals surface area contributed by atoms with E-state index < -0.39 is 0 Å².